The topological polar surface area (TPSA) is 67.9 Å². The summed E-state index contributed by atoms with van der Waals surface area (Å²) in [6.45, 7) is 4.79. The minimum atomic E-state index is -0.731. The summed E-state index contributed by atoms with van der Waals surface area (Å²) in [5, 5.41) is 2.88. The first kappa shape index (κ1) is 22.4. The third-order valence-electron chi connectivity index (χ3n) is 4.57. The van der Waals surface area contributed by atoms with Crippen LogP contribution in [0.15, 0.2) is 54.6 Å². The molecule has 0 heterocycles. The molecule has 0 aliphatic heterocycles. The van der Waals surface area contributed by atoms with E-state index in [4.69, 9.17) is 9.47 Å². The molecule has 0 aromatic heterocycles. The summed E-state index contributed by atoms with van der Waals surface area (Å²) in [4.78, 5) is 27.9. The van der Waals surface area contributed by atoms with Crippen molar-refractivity contribution in [3.05, 3.63) is 65.7 Å². The van der Waals surface area contributed by atoms with Gasteiger partial charge in [-0.2, -0.15) is 0 Å². The zero-order valence-electron chi connectivity index (χ0n) is 17.6. The van der Waals surface area contributed by atoms with Crippen molar-refractivity contribution in [2.24, 2.45) is 5.92 Å². The van der Waals surface area contributed by atoms with Gasteiger partial charge in [0.05, 0.1) is 13.7 Å². The zero-order valence-corrected chi connectivity index (χ0v) is 17.6. The molecule has 6 heteroatoms. The maximum atomic E-state index is 13.1. The highest BCUT2D eigenvalue weighted by atomic mass is 16.5. The Morgan fingerprint density at radius 1 is 1.00 bits per heavy atom. The predicted molar refractivity (Wildman–Crippen MR) is 112 cm³/mol. The highest BCUT2D eigenvalue weighted by Crippen LogP contribution is 2.26. The molecule has 2 aromatic carbocycles. The van der Waals surface area contributed by atoms with E-state index in [1.54, 1.807) is 19.1 Å². The average Bonchev–Trinajstić information content (AvgIpc) is 2.74. The van der Waals surface area contributed by atoms with Crippen LogP contribution in [0, 0.1) is 5.92 Å². The molecule has 29 heavy (non-hydrogen) atoms. The summed E-state index contributed by atoms with van der Waals surface area (Å²) >= 11 is 0. The Labute approximate surface area is 172 Å². The second kappa shape index (κ2) is 11.2. The highest BCUT2D eigenvalue weighted by Gasteiger charge is 2.32. The molecule has 0 aliphatic rings. The van der Waals surface area contributed by atoms with Crippen LogP contribution in [0.3, 0.4) is 0 Å². The van der Waals surface area contributed by atoms with E-state index in [2.05, 4.69) is 5.32 Å². The molecule has 6 nitrogen and oxygen atoms in total. The van der Waals surface area contributed by atoms with E-state index in [1.165, 1.54) is 0 Å². The van der Waals surface area contributed by atoms with Crippen molar-refractivity contribution in [1.29, 1.82) is 0 Å². The minimum absolute atomic E-state index is 0.0865. The van der Waals surface area contributed by atoms with E-state index in [0.717, 1.165) is 16.9 Å². The van der Waals surface area contributed by atoms with E-state index in [0.29, 0.717) is 19.7 Å². The number of carbonyl (C=O) groups excluding carboxylic acids is 2. The van der Waals surface area contributed by atoms with Crippen molar-refractivity contribution in [1.82, 2.24) is 10.2 Å². The van der Waals surface area contributed by atoms with Gasteiger partial charge < -0.3 is 19.7 Å². The smallest absolute Gasteiger partial charge is 0.247 e. The Kier molecular flexibility index (Phi) is 8.68. The first-order valence-corrected chi connectivity index (χ1v) is 9.73. The number of benzene rings is 2. The van der Waals surface area contributed by atoms with Gasteiger partial charge in [0.2, 0.25) is 11.8 Å². The average molecular weight is 399 g/mol. The molecular weight excluding hydrogens is 368 g/mol. The third kappa shape index (κ3) is 6.32. The lowest BCUT2D eigenvalue weighted by Crippen LogP contribution is -2.45. The number of carbonyl (C=O) groups is 2. The van der Waals surface area contributed by atoms with Crippen LogP contribution in [0.2, 0.25) is 0 Å². The van der Waals surface area contributed by atoms with E-state index in [9.17, 15) is 9.59 Å². The van der Waals surface area contributed by atoms with Crippen LogP contribution in [0.5, 0.6) is 5.75 Å². The Hall–Kier alpha value is -2.86. The molecular formula is C23H30N2O4. The fourth-order valence-corrected chi connectivity index (χ4v) is 3.04. The fourth-order valence-electron chi connectivity index (χ4n) is 3.04. The number of rotatable bonds is 10. The molecule has 0 saturated heterocycles. The number of methoxy groups -OCH3 is 2. The molecule has 2 aromatic rings. The SMILES string of the molecule is COCCNC(=O)[C@@H](c1ccccc1)N(Cc1ccc(OC)cc1)C(=O)C(C)C. The van der Waals surface area contributed by atoms with Gasteiger partial charge in [0.25, 0.3) is 0 Å². The van der Waals surface area contributed by atoms with Crippen molar-refractivity contribution in [3.63, 3.8) is 0 Å². The molecule has 2 rings (SSSR count). The van der Waals surface area contributed by atoms with Crippen LogP contribution in [0.1, 0.15) is 31.0 Å². The first-order valence-electron chi connectivity index (χ1n) is 9.73. The van der Waals surface area contributed by atoms with Crippen molar-refractivity contribution in [2.45, 2.75) is 26.4 Å². The van der Waals surface area contributed by atoms with Gasteiger partial charge in [-0.3, -0.25) is 9.59 Å². The molecule has 0 aliphatic carbocycles. The zero-order chi connectivity index (χ0) is 21.2. The number of hydrogen-bond donors (Lipinski definition) is 1. The van der Waals surface area contributed by atoms with E-state index >= 15 is 0 Å². The molecule has 0 bridgehead atoms. The van der Waals surface area contributed by atoms with Crippen molar-refractivity contribution >= 4 is 11.8 Å². The lowest BCUT2D eigenvalue weighted by atomic mass is 10.0. The maximum Gasteiger partial charge on any atom is 0.247 e. The fraction of sp³-hybridized carbons (Fsp3) is 0.391. The van der Waals surface area contributed by atoms with Gasteiger partial charge in [-0.1, -0.05) is 56.3 Å². The Morgan fingerprint density at radius 3 is 2.21 bits per heavy atom. The number of hydrogen-bond acceptors (Lipinski definition) is 4. The highest BCUT2D eigenvalue weighted by molar-refractivity contribution is 5.89. The molecule has 0 saturated carbocycles. The Morgan fingerprint density at radius 2 is 1.66 bits per heavy atom. The molecule has 1 atom stereocenters. The van der Waals surface area contributed by atoms with Crippen LogP contribution in [0.4, 0.5) is 0 Å². The molecule has 0 fully saturated rings. The Balaban J connectivity index is 2.39. The van der Waals surface area contributed by atoms with Crippen LogP contribution in [-0.2, 0) is 20.9 Å². The monoisotopic (exact) mass is 398 g/mol. The lowest BCUT2D eigenvalue weighted by Gasteiger charge is -2.33. The predicted octanol–water partition coefficient (Wildman–Crippen LogP) is 3.18. The quantitative estimate of drug-likeness (QED) is 0.624. The summed E-state index contributed by atoms with van der Waals surface area (Å²) in [7, 11) is 3.19. The van der Waals surface area contributed by atoms with Crippen LogP contribution < -0.4 is 10.1 Å². The van der Waals surface area contributed by atoms with Crippen molar-refractivity contribution in [2.75, 3.05) is 27.4 Å². The van der Waals surface area contributed by atoms with Crippen molar-refractivity contribution < 1.29 is 19.1 Å². The molecule has 0 spiro atoms. The van der Waals surface area contributed by atoms with Gasteiger partial charge in [-0.05, 0) is 23.3 Å². The molecule has 156 valence electrons. The van der Waals surface area contributed by atoms with E-state index in [1.807, 2.05) is 68.4 Å². The van der Waals surface area contributed by atoms with Gasteiger partial charge >= 0.3 is 0 Å². The summed E-state index contributed by atoms with van der Waals surface area (Å²) in [5.74, 6) is 0.186. The molecule has 0 radical (unpaired) electrons. The summed E-state index contributed by atoms with van der Waals surface area (Å²) in [6.07, 6.45) is 0. The first-order chi connectivity index (χ1) is 14.0. The minimum Gasteiger partial charge on any atom is -0.497 e. The van der Waals surface area contributed by atoms with Gasteiger partial charge in [0, 0.05) is 26.1 Å². The van der Waals surface area contributed by atoms with Crippen LogP contribution in [0.25, 0.3) is 0 Å². The number of ether oxygens (including phenoxy) is 2. The van der Waals surface area contributed by atoms with Crippen LogP contribution in [-0.4, -0.2) is 44.1 Å². The van der Waals surface area contributed by atoms with Gasteiger partial charge in [-0.15, -0.1) is 0 Å². The number of amides is 2. The Bertz CT molecular complexity index is 775. The molecule has 1 N–H and O–H groups in total. The van der Waals surface area contributed by atoms with Gasteiger partial charge in [0.1, 0.15) is 11.8 Å². The summed E-state index contributed by atoms with van der Waals surface area (Å²) < 4.78 is 10.2. The lowest BCUT2D eigenvalue weighted by molar-refractivity contribution is -0.144. The summed E-state index contributed by atoms with van der Waals surface area (Å²) in [5.41, 5.74) is 1.69. The molecule has 0 unspecified atom stereocenters. The normalized spacial score (nSPS) is 11.8. The second-order valence-corrected chi connectivity index (χ2v) is 7.07. The number of nitrogens with zero attached hydrogens (tertiary/aromatic N) is 1. The second-order valence-electron chi connectivity index (χ2n) is 7.07. The molecule has 2 amide bonds. The van der Waals surface area contributed by atoms with Crippen molar-refractivity contribution in [3.8, 4) is 5.75 Å². The van der Waals surface area contributed by atoms with E-state index < -0.39 is 6.04 Å². The number of nitrogens with one attached hydrogen (secondary N) is 1. The third-order valence-corrected chi connectivity index (χ3v) is 4.57. The maximum absolute atomic E-state index is 13.1. The van der Waals surface area contributed by atoms with E-state index in [-0.39, 0.29) is 17.7 Å². The van der Waals surface area contributed by atoms with Gasteiger partial charge in [-0.25, -0.2) is 0 Å². The van der Waals surface area contributed by atoms with Crippen LogP contribution >= 0.6 is 0 Å². The van der Waals surface area contributed by atoms with Gasteiger partial charge in [0.15, 0.2) is 0 Å². The summed E-state index contributed by atoms with van der Waals surface area (Å²) in [6, 6.07) is 16.2. The standard InChI is InChI=1S/C23H30N2O4/c1-17(2)23(27)25(16-18-10-12-20(29-4)13-11-18)21(19-8-6-5-7-9-19)22(26)24-14-15-28-3/h5-13,17,21H,14-16H2,1-4H3,(H,24,26)/t21-/m1/s1. The largest absolute Gasteiger partial charge is 0.497 e.